The van der Waals surface area contributed by atoms with E-state index in [1.807, 2.05) is 24.3 Å². The highest BCUT2D eigenvalue weighted by Crippen LogP contribution is 2.23. The normalized spacial score (nSPS) is 10.4. The molecule has 0 radical (unpaired) electrons. The number of hydrogen-bond donors (Lipinski definition) is 2. The summed E-state index contributed by atoms with van der Waals surface area (Å²) in [4.78, 5) is 4.31. The van der Waals surface area contributed by atoms with Gasteiger partial charge in [0, 0.05) is 6.54 Å². The minimum absolute atomic E-state index is 0.207. The van der Waals surface area contributed by atoms with Crippen LogP contribution in [0.5, 0.6) is 0 Å². The Balaban J connectivity index is 1.61. The maximum Gasteiger partial charge on any atom is 0.249 e. The zero-order valence-electron chi connectivity index (χ0n) is 12.7. The Morgan fingerprint density at radius 3 is 2.67 bits per heavy atom. The maximum absolute atomic E-state index is 13.6. The van der Waals surface area contributed by atoms with E-state index < -0.39 is 0 Å². The lowest BCUT2D eigenvalue weighted by Crippen LogP contribution is -2.09. The molecule has 5 nitrogen and oxygen atoms in total. The minimum Gasteiger partial charge on any atom is -0.368 e. The lowest BCUT2D eigenvalue weighted by molar-refractivity contribution is 0.610. The standard InChI is InChI=1S/C17H15ClFN5/c18-13-6-2-4-8-15(13)22-17-23-16(11-21-24-17)20-10-9-12-5-1-3-7-14(12)19/h1-8,11H,9-10H2,(H2,20,22,23,24). The number of benzene rings is 2. The van der Waals surface area contributed by atoms with Gasteiger partial charge in [-0.25, -0.2) is 4.39 Å². The molecule has 2 N–H and O–H groups in total. The molecule has 2 aromatic carbocycles. The van der Waals surface area contributed by atoms with E-state index >= 15 is 0 Å². The summed E-state index contributed by atoms with van der Waals surface area (Å²) in [6, 6.07) is 14.0. The number of rotatable bonds is 6. The summed E-state index contributed by atoms with van der Waals surface area (Å²) in [7, 11) is 0. The Morgan fingerprint density at radius 2 is 1.83 bits per heavy atom. The first-order valence-electron chi connectivity index (χ1n) is 7.41. The molecule has 0 aliphatic rings. The fourth-order valence-corrected chi connectivity index (χ4v) is 2.33. The molecule has 24 heavy (non-hydrogen) atoms. The summed E-state index contributed by atoms with van der Waals surface area (Å²) in [5, 5.41) is 14.5. The SMILES string of the molecule is Fc1ccccc1CCNc1cnnc(Nc2ccccc2Cl)n1. The first-order chi connectivity index (χ1) is 11.7. The predicted octanol–water partition coefficient (Wildman–Crippen LogP) is 4.06. The van der Waals surface area contributed by atoms with Gasteiger partial charge in [-0.1, -0.05) is 41.9 Å². The molecule has 0 fully saturated rings. The molecule has 0 spiro atoms. The van der Waals surface area contributed by atoms with Crippen LogP contribution in [-0.2, 0) is 6.42 Å². The van der Waals surface area contributed by atoms with Crippen molar-refractivity contribution in [1.82, 2.24) is 15.2 Å². The van der Waals surface area contributed by atoms with Gasteiger partial charge < -0.3 is 10.6 Å². The average Bonchev–Trinajstić information content (AvgIpc) is 2.59. The summed E-state index contributed by atoms with van der Waals surface area (Å²) in [5.74, 6) is 0.677. The summed E-state index contributed by atoms with van der Waals surface area (Å²) in [6.45, 7) is 0.533. The third-order valence-electron chi connectivity index (χ3n) is 3.34. The van der Waals surface area contributed by atoms with Crippen molar-refractivity contribution in [3.63, 3.8) is 0 Å². The Hall–Kier alpha value is -2.73. The second kappa shape index (κ2) is 7.70. The smallest absolute Gasteiger partial charge is 0.249 e. The fraction of sp³-hybridized carbons (Fsp3) is 0.118. The van der Waals surface area contributed by atoms with Crippen molar-refractivity contribution in [2.75, 3.05) is 17.2 Å². The van der Waals surface area contributed by atoms with E-state index in [9.17, 15) is 4.39 Å². The maximum atomic E-state index is 13.6. The molecule has 0 aliphatic heterocycles. The molecule has 0 unspecified atom stereocenters. The highest BCUT2D eigenvalue weighted by Gasteiger charge is 2.05. The Kier molecular flexibility index (Phi) is 5.18. The molecule has 0 amide bonds. The van der Waals surface area contributed by atoms with Gasteiger partial charge in [-0.05, 0) is 30.2 Å². The van der Waals surface area contributed by atoms with Crippen LogP contribution in [0.25, 0.3) is 0 Å². The van der Waals surface area contributed by atoms with Crippen LogP contribution in [0.15, 0.2) is 54.7 Å². The molecule has 122 valence electrons. The van der Waals surface area contributed by atoms with Crippen LogP contribution in [0, 0.1) is 5.82 Å². The Bertz CT molecular complexity index is 827. The first kappa shape index (κ1) is 16.1. The van der Waals surface area contributed by atoms with E-state index in [-0.39, 0.29) is 5.82 Å². The van der Waals surface area contributed by atoms with Crippen LogP contribution in [0.2, 0.25) is 5.02 Å². The molecule has 0 aliphatic carbocycles. The van der Waals surface area contributed by atoms with E-state index in [0.29, 0.717) is 41.0 Å². The summed E-state index contributed by atoms with van der Waals surface area (Å²) >= 11 is 6.09. The zero-order chi connectivity index (χ0) is 16.8. The number of para-hydroxylation sites is 1. The van der Waals surface area contributed by atoms with Gasteiger partial charge >= 0.3 is 0 Å². The van der Waals surface area contributed by atoms with Gasteiger partial charge in [0.1, 0.15) is 5.82 Å². The van der Waals surface area contributed by atoms with E-state index in [1.165, 1.54) is 12.3 Å². The number of nitrogens with one attached hydrogen (secondary N) is 2. The molecule has 3 aromatic rings. The third kappa shape index (κ3) is 4.17. The topological polar surface area (TPSA) is 62.7 Å². The highest BCUT2D eigenvalue weighted by atomic mass is 35.5. The van der Waals surface area contributed by atoms with Crippen molar-refractivity contribution < 1.29 is 4.39 Å². The van der Waals surface area contributed by atoms with Crippen molar-refractivity contribution in [3.8, 4) is 0 Å². The van der Waals surface area contributed by atoms with E-state index in [4.69, 9.17) is 11.6 Å². The van der Waals surface area contributed by atoms with Crippen LogP contribution in [0.4, 0.5) is 21.8 Å². The Morgan fingerprint density at radius 1 is 1.04 bits per heavy atom. The number of anilines is 3. The molecule has 3 rings (SSSR count). The lowest BCUT2D eigenvalue weighted by Gasteiger charge is -2.09. The van der Waals surface area contributed by atoms with Gasteiger partial charge in [0.05, 0.1) is 16.9 Å². The van der Waals surface area contributed by atoms with E-state index in [0.717, 1.165) is 0 Å². The van der Waals surface area contributed by atoms with Crippen LogP contribution >= 0.6 is 11.6 Å². The third-order valence-corrected chi connectivity index (χ3v) is 3.67. The number of hydrogen-bond acceptors (Lipinski definition) is 5. The molecule has 1 aromatic heterocycles. The molecule has 0 saturated carbocycles. The van der Waals surface area contributed by atoms with Crippen LogP contribution < -0.4 is 10.6 Å². The van der Waals surface area contributed by atoms with Crippen LogP contribution in [0.1, 0.15) is 5.56 Å². The van der Waals surface area contributed by atoms with Crippen LogP contribution in [-0.4, -0.2) is 21.7 Å². The quantitative estimate of drug-likeness (QED) is 0.706. The molecular weight excluding hydrogens is 329 g/mol. The molecular formula is C17H15ClFN5. The lowest BCUT2D eigenvalue weighted by atomic mass is 10.1. The summed E-state index contributed by atoms with van der Waals surface area (Å²) in [5.41, 5.74) is 1.35. The zero-order valence-corrected chi connectivity index (χ0v) is 13.5. The van der Waals surface area contributed by atoms with Crippen molar-refractivity contribution in [1.29, 1.82) is 0 Å². The largest absolute Gasteiger partial charge is 0.368 e. The monoisotopic (exact) mass is 343 g/mol. The summed E-state index contributed by atoms with van der Waals surface area (Å²) < 4.78 is 13.6. The molecule has 7 heteroatoms. The minimum atomic E-state index is -0.207. The molecule has 0 atom stereocenters. The molecule has 0 saturated heterocycles. The van der Waals surface area contributed by atoms with Crippen LogP contribution in [0.3, 0.4) is 0 Å². The van der Waals surface area contributed by atoms with Gasteiger partial charge in [-0.15, -0.1) is 5.10 Å². The van der Waals surface area contributed by atoms with Gasteiger partial charge in [-0.2, -0.15) is 10.1 Å². The fourth-order valence-electron chi connectivity index (χ4n) is 2.15. The predicted molar refractivity (Wildman–Crippen MR) is 93.2 cm³/mol. The van der Waals surface area contributed by atoms with Gasteiger partial charge in [0.25, 0.3) is 0 Å². The average molecular weight is 344 g/mol. The highest BCUT2D eigenvalue weighted by molar-refractivity contribution is 6.33. The number of aromatic nitrogens is 3. The van der Waals surface area contributed by atoms with Crippen molar-refractivity contribution in [3.05, 3.63) is 71.1 Å². The molecule has 1 heterocycles. The van der Waals surface area contributed by atoms with Crippen molar-refractivity contribution in [2.24, 2.45) is 0 Å². The number of nitrogens with zero attached hydrogens (tertiary/aromatic N) is 3. The van der Waals surface area contributed by atoms with Gasteiger partial charge in [0.2, 0.25) is 5.95 Å². The van der Waals surface area contributed by atoms with Crippen molar-refractivity contribution >= 4 is 29.1 Å². The van der Waals surface area contributed by atoms with E-state index in [2.05, 4.69) is 25.8 Å². The van der Waals surface area contributed by atoms with E-state index in [1.54, 1.807) is 18.2 Å². The first-order valence-corrected chi connectivity index (χ1v) is 7.79. The van der Waals surface area contributed by atoms with Gasteiger partial charge in [0.15, 0.2) is 5.82 Å². The van der Waals surface area contributed by atoms with Crippen molar-refractivity contribution in [2.45, 2.75) is 6.42 Å². The summed E-state index contributed by atoms with van der Waals surface area (Å²) in [6.07, 6.45) is 2.06. The molecule has 0 bridgehead atoms. The van der Waals surface area contributed by atoms with Gasteiger partial charge in [-0.3, -0.25) is 0 Å². The second-order valence-electron chi connectivity index (χ2n) is 5.04. The Labute approximate surface area is 143 Å². The number of halogens is 2. The second-order valence-corrected chi connectivity index (χ2v) is 5.45.